The maximum absolute atomic E-state index is 4.69. The van der Waals surface area contributed by atoms with Gasteiger partial charge in [0.05, 0.1) is 0 Å². The lowest BCUT2D eigenvalue weighted by Crippen LogP contribution is -2.46. The van der Waals surface area contributed by atoms with Crippen LogP contribution in [0.15, 0.2) is 10.9 Å². The van der Waals surface area contributed by atoms with Crippen molar-refractivity contribution in [2.75, 3.05) is 20.1 Å². The molecule has 2 unspecified atom stereocenters. The minimum absolute atomic E-state index is 0.637. The highest BCUT2D eigenvalue weighted by Crippen LogP contribution is 2.14. The summed E-state index contributed by atoms with van der Waals surface area (Å²) >= 11 is 0. The van der Waals surface area contributed by atoms with Gasteiger partial charge in [-0.15, -0.1) is 0 Å². The molecule has 90 valence electrons. The van der Waals surface area contributed by atoms with Crippen molar-refractivity contribution in [3.05, 3.63) is 12.2 Å². The Bertz CT molecular complexity index is 301. The number of hydrogen-bond acceptors (Lipinski definition) is 5. The minimum Gasteiger partial charge on any atom is -0.343 e. The molecule has 16 heavy (non-hydrogen) atoms. The molecule has 0 aliphatic carbocycles. The van der Waals surface area contributed by atoms with Gasteiger partial charge in [-0.05, 0) is 33.4 Å². The zero-order valence-electron chi connectivity index (χ0n) is 10.0. The maximum Gasteiger partial charge on any atom is 0.213 e. The molecule has 0 radical (unpaired) electrons. The first-order chi connectivity index (χ1) is 7.75. The third kappa shape index (κ3) is 3.02. The van der Waals surface area contributed by atoms with Gasteiger partial charge in [-0.25, -0.2) is 0 Å². The van der Waals surface area contributed by atoms with Crippen LogP contribution in [0.4, 0.5) is 0 Å². The van der Waals surface area contributed by atoms with E-state index < -0.39 is 0 Å². The van der Waals surface area contributed by atoms with Crippen molar-refractivity contribution in [3.8, 4) is 0 Å². The topological polar surface area (TPSA) is 54.2 Å². The predicted octanol–water partition coefficient (Wildman–Crippen LogP) is 0.684. The largest absolute Gasteiger partial charge is 0.343 e. The number of rotatable bonds is 4. The van der Waals surface area contributed by atoms with Gasteiger partial charge in [0.2, 0.25) is 6.39 Å². The van der Waals surface area contributed by atoms with Gasteiger partial charge in [0, 0.05) is 25.0 Å². The Morgan fingerprint density at radius 2 is 2.50 bits per heavy atom. The number of nitrogens with one attached hydrogen (secondary N) is 1. The normalized spacial score (nSPS) is 27.1. The third-order valence-electron chi connectivity index (χ3n) is 3.40. The second-order valence-electron chi connectivity index (χ2n) is 4.60. The van der Waals surface area contributed by atoms with E-state index in [4.69, 9.17) is 4.52 Å². The highest BCUT2D eigenvalue weighted by atomic mass is 16.5. The average molecular weight is 224 g/mol. The molecular weight excluding hydrogens is 204 g/mol. The van der Waals surface area contributed by atoms with Gasteiger partial charge in [0.25, 0.3) is 0 Å². The standard InChI is InChI=1S/C11H20N4O/c1-9-7-10(4-6-15(9)2)12-5-3-11-13-8-16-14-11/h8-10,12H,3-7H2,1-2H3. The van der Waals surface area contributed by atoms with Crippen molar-refractivity contribution < 1.29 is 4.52 Å². The highest BCUT2D eigenvalue weighted by molar-refractivity contribution is 4.84. The Balaban J connectivity index is 1.67. The van der Waals surface area contributed by atoms with E-state index in [1.807, 2.05) is 0 Å². The van der Waals surface area contributed by atoms with Crippen molar-refractivity contribution in [3.63, 3.8) is 0 Å². The molecule has 0 bridgehead atoms. The fraction of sp³-hybridized carbons (Fsp3) is 0.818. The molecule has 1 aliphatic rings. The van der Waals surface area contributed by atoms with Crippen molar-refractivity contribution >= 4 is 0 Å². The van der Waals surface area contributed by atoms with E-state index in [-0.39, 0.29) is 0 Å². The summed E-state index contributed by atoms with van der Waals surface area (Å²) in [5, 5.41) is 7.35. The van der Waals surface area contributed by atoms with E-state index in [1.54, 1.807) is 0 Å². The summed E-state index contributed by atoms with van der Waals surface area (Å²) in [5.41, 5.74) is 0. The smallest absolute Gasteiger partial charge is 0.213 e. The SMILES string of the molecule is CC1CC(NCCc2ncon2)CCN1C. The van der Waals surface area contributed by atoms with Crippen LogP contribution in [-0.4, -0.2) is 47.3 Å². The predicted molar refractivity (Wildman–Crippen MR) is 61.1 cm³/mol. The first-order valence-electron chi connectivity index (χ1n) is 5.94. The molecule has 2 atom stereocenters. The van der Waals surface area contributed by atoms with Crippen LogP contribution in [0.5, 0.6) is 0 Å². The third-order valence-corrected chi connectivity index (χ3v) is 3.40. The van der Waals surface area contributed by atoms with E-state index in [0.717, 1.165) is 18.8 Å². The van der Waals surface area contributed by atoms with Crippen molar-refractivity contribution in [1.82, 2.24) is 20.4 Å². The van der Waals surface area contributed by atoms with Crippen molar-refractivity contribution in [2.45, 2.75) is 38.3 Å². The molecule has 2 rings (SSSR count). The van der Waals surface area contributed by atoms with Gasteiger partial charge in [-0.3, -0.25) is 0 Å². The Morgan fingerprint density at radius 3 is 3.19 bits per heavy atom. The first-order valence-corrected chi connectivity index (χ1v) is 5.94. The molecule has 1 aliphatic heterocycles. The van der Waals surface area contributed by atoms with E-state index >= 15 is 0 Å². The Kier molecular flexibility index (Phi) is 3.90. The van der Waals surface area contributed by atoms with Crippen molar-refractivity contribution in [1.29, 1.82) is 0 Å². The lowest BCUT2D eigenvalue weighted by atomic mass is 9.99. The molecule has 1 aromatic heterocycles. The molecule has 0 spiro atoms. The van der Waals surface area contributed by atoms with Crippen LogP contribution in [0.2, 0.25) is 0 Å². The summed E-state index contributed by atoms with van der Waals surface area (Å²) in [6.07, 6.45) is 4.68. The molecule has 0 amide bonds. The molecule has 1 fully saturated rings. The van der Waals surface area contributed by atoms with Crippen LogP contribution in [0.1, 0.15) is 25.6 Å². The van der Waals surface area contributed by atoms with Crippen LogP contribution in [0, 0.1) is 0 Å². The van der Waals surface area contributed by atoms with Crippen LogP contribution < -0.4 is 5.32 Å². The number of piperidine rings is 1. The van der Waals surface area contributed by atoms with Crippen LogP contribution >= 0.6 is 0 Å². The van der Waals surface area contributed by atoms with E-state index in [0.29, 0.717) is 12.1 Å². The molecular formula is C11H20N4O. The van der Waals surface area contributed by atoms with E-state index in [2.05, 4.69) is 34.3 Å². The summed E-state index contributed by atoms with van der Waals surface area (Å²) in [5.74, 6) is 0.786. The molecule has 0 aromatic carbocycles. The van der Waals surface area contributed by atoms with E-state index in [9.17, 15) is 0 Å². The van der Waals surface area contributed by atoms with Gasteiger partial charge in [-0.1, -0.05) is 5.16 Å². The summed E-state index contributed by atoms with van der Waals surface area (Å²) in [6, 6.07) is 1.31. The van der Waals surface area contributed by atoms with Crippen molar-refractivity contribution in [2.24, 2.45) is 0 Å². The Labute approximate surface area is 96.2 Å². The molecule has 2 heterocycles. The van der Waals surface area contributed by atoms with Crippen LogP contribution in [0.25, 0.3) is 0 Å². The quantitative estimate of drug-likeness (QED) is 0.815. The summed E-state index contributed by atoms with van der Waals surface area (Å²) in [4.78, 5) is 6.41. The summed E-state index contributed by atoms with van der Waals surface area (Å²) in [6.45, 7) is 4.40. The van der Waals surface area contributed by atoms with Gasteiger partial charge < -0.3 is 14.7 Å². The number of hydrogen-bond donors (Lipinski definition) is 1. The zero-order chi connectivity index (χ0) is 11.4. The monoisotopic (exact) mass is 224 g/mol. The summed E-state index contributed by atoms with van der Waals surface area (Å²) < 4.78 is 4.69. The fourth-order valence-electron chi connectivity index (χ4n) is 2.17. The van der Waals surface area contributed by atoms with Gasteiger partial charge >= 0.3 is 0 Å². The Morgan fingerprint density at radius 1 is 1.62 bits per heavy atom. The Hall–Kier alpha value is -0.940. The molecule has 5 nitrogen and oxygen atoms in total. The second kappa shape index (κ2) is 5.41. The second-order valence-corrected chi connectivity index (χ2v) is 4.60. The van der Waals surface area contributed by atoms with Crippen LogP contribution in [0.3, 0.4) is 0 Å². The summed E-state index contributed by atoms with van der Waals surface area (Å²) in [7, 11) is 2.19. The van der Waals surface area contributed by atoms with Gasteiger partial charge in [0.15, 0.2) is 5.82 Å². The minimum atomic E-state index is 0.637. The average Bonchev–Trinajstić information content (AvgIpc) is 2.76. The highest BCUT2D eigenvalue weighted by Gasteiger charge is 2.21. The maximum atomic E-state index is 4.69. The number of aromatic nitrogens is 2. The van der Waals surface area contributed by atoms with Gasteiger partial charge in [-0.2, -0.15) is 4.98 Å². The molecule has 0 saturated carbocycles. The number of likely N-dealkylation sites (tertiary alicyclic amines) is 1. The lowest BCUT2D eigenvalue weighted by molar-refractivity contribution is 0.169. The lowest BCUT2D eigenvalue weighted by Gasteiger charge is -2.35. The van der Waals surface area contributed by atoms with Gasteiger partial charge in [0.1, 0.15) is 0 Å². The molecule has 1 saturated heterocycles. The van der Waals surface area contributed by atoms with E-state index in [1.165, 1.54) is 25.8 Å². The zero-order valence-corrected chi connectivity index (χ0v) is 10.0. The fourth-order valence-corrected chi connectivity index (χ4v) is 2.17. The number of nitrogens with zero attached hydrogens (tertiary/aromatic N) is 3. The molecule has 1 aromatic rings. The first kappa shape index (κ1) is 11.5. The molecule has 5 heteroatoms. The molecule has 1 N–H and O–H groups in total. The van der Waals surface area contributed by atoms with Crippen LogP contribution in [-0.2, 0) is 6.42 Å².